The Hall–Kier alpha value is -1.99. The van der Waals surface area contributed by atoms with E-state index in [4.69, 9.17) is 0 Å². The average Bonchev–Trinajstić information content (AvgIpc) is 3.32. The molecular formula is C23H30N4O2S. The monoisotopic (exact) mass is 426 g/mol. The number of carbonyl (C=O) groups excluding carboxylic acids is 2. The smallest absolute Gasteiger partial charge is 0.233 e. The normalized spacial score (nSPS) is 25.3. The number of hydrogen-bond acceptors (Lipinski definition) is 6. The molecule has 1 saturated carbocycles. The zero-order chi connectivity index (χ0) is 20.5. The number of benzene rings is 1. The van der Waals surface area contributed by atoms with Crippen LogP contribution in [0.25, 0.3) is 10.1 Å². The number of likely N-dealkylation sites (tertiary alicyclic amines) is 1. The molecule has 160 valence electrons. The number of amides is 2. The highest BCUT2D eigenvalue weighted by atomic mass is 32.1. The molecule has 0 N–H and O–H groups in total. The summed E-state index contributed by atoms with van der Waals surface area (Å²) in [5.74, 6) is 1.31. The Kier molecular flexibility index (Phi) is 5.74. The van der Waals surface area contributed by atoms with E-state index in [1.807, 2.05) is 0 Å². The molecule has 7 heteroatoms. The number of piperazine rings is 1. The largest absolute Gasteiger partial charge is 0.353 e. The number of anilines is 1. The molecule has 2 amide bonds. The van der Waals surface area contributed by atoms with Crippen molar-refractivity contribution in [1.82, 2.24) is 14.2 Å². The van der Waals surface area contributed by atoms with Gasteiger partial charge in [-0.15, -0.1) is 0 Å². The van der Waals surface area contributed by atoms with E-state index in [9.17, 15) is 9.59 Å². The Morgan fingerprint density at radius 2 is 1.57 bits per heavy atom. The lowest BCUT2D eigenvalue weighted by Crippen LogP contribution is -2.46. The number of unbranched alkanes of at least 4 members (excludes halogenated alkanes) is 1. The van der Waals surface area contributed by atoms with Crippen molar-refractivity contribution in [3.63, 3.8) is 0 Å². The van der Waals surface area contributed by atoms with Crippen LogP contribution in [0, 0.1) is 11.8 Å². The summed E-state index contributed by atoms with van der Waals surface area (Å²) in [6.45, 7) is 5.72. The maximum Gasteiger partial charge on any atom is 0.233 e. The van der Waals surface area contributed by atoms with Crippen molar-refractivity contribution in [1.29, 1.82) is 0 Å². The molecule has 3 aliphatic rings. The van der Waals surface area contributed by atoms with Gasteiger partial charge in [0.2, 0.25) is 11.8 Å². The van der Waals surface area contributed by atoms with Crippen LogP contribution in [0.15, 0.2) is 24.3 Å². The Bertz CT molecular complexity index is 897. The van der Waals surface area contributed by atoms with Crippen molar-refractivity contribution in [2.45, 2.75) is 38.5 Å². The van der Waals surface area contributed by atoms with Gasteiger partial charge in [-0.05, 0) is 55.9 Å². The summed E-state index contributed by atoms with van der Waals surface area (Å²) in [7, 11) is 0. The Morgan fingerprint density at radius 3 is 2.30 bits per heavy atom. The standard InChI is InChI=1S/C23H30N4O2S/c28-22-17-7-1-2-8-18(17)23(29)27(22)12-6-5-11-25-13-15-26(16-14-25)21-19-9-3-4-10-20(19)30-24-21/h3-4,9-10,17-18H,1-2,5-8,11-16H2/t17-,18+. The summed E-state index contributed by atoms with van der Waals surface area (Å²) in [6.07, 6.45) is 5.95. The number of hydrogen-bond donors (Lipinski definition) is 0. The lowest BCUT2D eigenvalue weighted by Gasteiger charge is -2.35. The molecule has 6 nitrogen and oxygen atoms in total. The number of carbonyl (C=O) groups is 2. The van der Waals surface area contributed by atoms with Gasteiger partial charge in [0.05, 0.1) is 16.5 Å². The van der Waals surface area contributed by atoms with Gasteiger partial charge in [-0.3, -0.25) is 19.4 Å². The molecule has 2 aliphatic heterocycles. The van der Waals surface area contributed by atoms with Crippen LogP contribution in [0.3, 0.4) is 0 Å². The average molecular weight is 427 g/mol. The zero-order valence-corrected chi connectivity index (χ0v) is 18.3. The molecule has 1 aliphatic carbocycles. The van der Waals surface area contributed by atoms with Gasteiger partial charge in [0.1, 0.15) is 5.82 Å². The molecule has 3 fully saturated rings. The van der Waals surface area contributed by atoms with Crippen molar-refractivity contribution >= 4 is 39.3 Å². The Labute approximate surface area is 182 Å². The number of fused-ring (bicyclic) bond motifs is 2. The summed E-state index contributed by atoms with van der Waals surface area (Å²) < 4.78 is 5.94. The van der Waals surface area contributed by atoms with Gasteiger partial charge >= 0.3 is 0 Å². The highest BCUT2D eigenvalue weighted by Crippen LogP contribution is 2.38. The molecule has 1 aromatic carbocycles. The van der Waals surface area contributed by atoms with Crippen LogP contribution < -0.4 is 4.90 Å². The SMILES string of the molecule is O=C1[C@H]2CCCC[C@H]2C(=O)N1CCCCN1CCN(c2nsc3ccccc23)CC1. The Balaban J connectivity index is 1.06. The highest BCUT2D eigenvalue weighted by molar-refractivity contribution is 7.13. The second kappa shape index (κ2) is 8.63. The molecule has 2 atom stereocenters. The van der Waals surface area contributed by atoms with Crippen molar-refractivity contribution < 1.29 is 9.59 Å². The van der Waals surface area contributed by atoms with E-state index in [1.54, 1.807) is 16.4 Å². The van der Waals surface area contributed by atoms with Crippen molar-refractivity contribution in [2.75, 3.05) is 44.2 Å². The lowest BCUT2D eigenvalue weighted by atomic mass is 9.81. The molecule has 0 radical (unpaired) electrons. The molecule has 3 heterocycles. The first-order chi connectivity index (χ1) is 14.7. The van der Waals surface area contributed by atoms with Gasteiger partial charge < -0.3 is 4.90 Å². The number of aromatic nitrogens is 1. The van der Waals surface area contributed by atoms with E-state index in [0.29, 0.717) is 6.54 Å². The van der Waals surface area contributed by atoms with Crippen molar-refractivity contribution in [3.8, 4) is 0 Å². The first kappa shape index (κ1) is 19.9. The van der Waals surface area contributed by atoms with Crippen LogP contribution >= 0.6 is 11.5 Å². The maximum atomic E-state index is 12.6. The van der Waals surface area contributed by atoms with Crippen LogP contribution in [-0.2, 0) is 9.59 Å². The van der Waals surface area contributed by atoms with Crippen LogP contribution in [0.2, 0.25) is 0 Å². The first-order valence-corrected chi connectivity index (χ1v) is 12.2. The van der Waals surface area contributed by atoms with E-state index in [1.165, 1.54) is 10.1 Å². The van der Waals surface area contributed by atoms with Crippen LogP contribution in [0.1, 0.15) is 38.5 Å². The van der Waals surface area contributed by atoms with E-state index >= 15 is 0 Å². The van der Waals surface area contributed by atoms with Crippen LogP contribution in [-0.4, -0.2) is 65.3 Å². The molecule has 0 spiro atoms. The third kappa shape index (κ3) is 3.73. The fourth-order valence-corrected chi connectivity index (χ4v) is 6.14. The molecule has 2 saturated heterocycles. The van der Waals surface area contributed by atoms with Crippen molar-refractivity contribution in [2.24, 2.45) is 11.8 Å². The zero-order valence-electron chi connectivity index (χ0n) is 17.5. The van der Waals surface area contributed by atoms with Crippen LogP contribution in [0.4, 0.5) is 5.82 Å². The molecule has 0 unspecified atom stereocenters. The fourth-order valence-electron chi connectivity index (χ4n) is 5.34. The predicted molar refractivity (Wildman–Crippen MR) is 120 cm³/mol. The van der Waals surface area contributed by atoms with Gasteiger partial charge in [0, 0.05) is 38.1 Å². The second-order valence-corrected chi connectivity index (χ2v) is 9.67. The van der Waals surface area contributed by atoms with Gasteiger partial charge in [-0.1, -0.05) is 25.0 Å². The maximum absolute atomic E-state index is 12.6. The minimum atomic E-state index is -0.0128. The van der Waals surface area contributed by atoms with Gasteiger partial charge in [-0.25, -0.2) is 0 Å². The third-order valence-corrected chi connectivity index (χ3v) is 7.89. The summed E-state index contributed by atoms with van der Waals surface area (Å²) in [6, 6.07) is 8.45. The molecule has 2 aromatic rings. The van der Waals surface area contributed by atoms with Gasteiger partial charge in [0.15, 0.2) is 0 Å². The second-order valence-electron chi connectivity index (χ2n) is 8.86. The van der Waals surface area contributed by atoms with E-state index in [2.05, 4.69) is 38.4 Å². The van der Waals surface area contributed by atoms with E-state index in [-0.39, 0.29) is 23.7 Å². The minimum absolute atomic E-state index is 0.0128. The summed E-state index contributed by atoms with van der Waals surface area (Å²) in [5, 5.41) is 1.26. The first-order valence-electron chi connectivity index (χ1n) is 11.4. The molecule has 30 heavy (non-hydrogen) atoms. The fraction of sp³-hybridized carbons (Fsp3) is 0.609. The Morgan fingerprint density at radius 1 is 0.900 bits per heavy atom. The predicted octanol–water partition coefficient (Wildman–Crippen LogP) is 3.37. The lowest BCUT2D eigenvalue weighted by molar-refractivity contribution is -0.140. The number of rotatable bonds is 6. The molecule has 0 bridgehead atoms. The topological polar surface area (TPSA) is 56.8 Å². The number of imide groups is 1. The summed E-state index contributed by atoms with van der Waals surface area (Å²) in [4.78, 5) is 31.6. The summed E-state index contributed by atoms with van der Waals surface area (Å²) >= 11 is 1.58. The molecular weight excluding hydrogens is 396 g/mol. The minimum Gasteiger partial charge on any atom is -0.353 e. The summed E-state index contributed by atoms with van der Waals surface area (Å²) in [5.41, 5.74) is 0. The molecule has 5 rings (SSSR count). The van der Waals surface area contributed by atoms with Gasteiger partial charge in [0.25, 0.3) is 0 Å². The van der Waals surface area contributed by atoms with E-state index in [0.717, 1.165) is 77.1 Å². The van der Waals surface area contributed by atoms with E-state index < -0.39 is 0 Å². The number of nitrogens with zero attached hydrogens (tertiary/aromatic N) is 4. The molecule has 1 aromatic heterocycles. The third-order valence-electron chi connectivity index (χ3n) is 7.07. The quantitative estimate of drug-likeness (QED) is 0.524. The van der Waals surface area contributed by atoms with Crippen molar-refractivity contribution in [3.05, 3.63) is 24.3 Å². The highest BCUT2D eigenvalue weighted by Gasteiger charge is 2.47. The van der Waals surface area contributed by atoms with Gasteiger partial charge in [-0.2, -0.15) is 4.37 Å². The van der Waals surface area contributed by atoms with Crippen LogP contribution in [0.5, 0.6) is 0 Å².